The number of amides is 2. The third-order valence-electron chi connectivity index (χ3n) is 4.54. The van der Waals surface area contributed by atoms with Gasteiger partial charge in [0.2, 0.25) is 0 Å². The largest absolute Gasteiger partial charge is 0.340 e. The minimum absolute atomic E-state index is 0.350. The Labute approximate surface area is 159 Å². The molecule has 2 aromatic heterocycles. The first kappa shape index (κ1) is 16.1. The maximum Gasteiger partial charge on any atom is 0.259 e. The van der Waals surface area contributed by atoms with Crippen molar-refractivity contribution >= 4 is 34.2 Å². The normalized spacial score (nSPS) is 12.7. The van der Waals surface area contributed by atoms with Crippen LogP contribution in [0.15, 0.2) is 67.0 Å². The average molecular weight is 367 g/mol. The van der Waals surface area contributed by atoms with Gasteiger partial charge in [-0.05, 0) is 42.5 Å². The van der Waals surface area contributed by atoms with Gasteiger partial charge in [-0.1, -0.05) is 12.1 Å². The summed E-state index contributed by atoms with van der Waals surface area (Å²) in [6, 6.07) is 16.4. The molecule has 0 atom stereocenters. The molecule has 3 heterocycles. The SMILES string of the molecule is O=C1NC(=O)c2cc(Nc3nc(-c4ccncc4)nc4ccccc34)ccc21. The number of imide groups is 1. The van der Waals surface area contributed by atoms with E-state index in [1.54, 1.807) is 30.6 Å². The van der Waals surface area contributed by atoms with Crippen LogP contribution >= 0.6 is 0 Å². The molecule has 0 aliphatic carbocycles. The van der Waals surface area contributed by atoms with Crippen LogP contribution in [0.3, 0.4) is 0 Å². The van der Waals surface area contributed by atoms with Crippen LogP contribution in [-0.4, -0.2) is 26.8 Å². The average Bonchev–Trinajstić information content (AvgIpc) is 3.02. The van der Waals surface area contributed by atoms with E-state index in [9.17, 15) is 9.59 Å². The van der Waals surface area contributed by atoms with Crippen LogP contribution in [0.2, 0.25) is 0 Å². The molecule has 0 unspecified atom stereocenters. The highest BCUT2D eigenvalue weighted by atomic mass is 16.2. The lowest BCUT2D eigenvalue weighted by atomic mass is 10.1. The molecular weight excluding hydrogens is 354 g/mol. The molecular formula is C21H13N5O2. The van der Waals surface area contributed by atoms with Crippen molar-refractivity contribution < 1.29 is 9.59 Å². The van der Waals surface area contributed by atoms with Crippen LogP contribution in [0.25, 0.3) is 22.3 Å². The monoisotopic (exact) mass is 367 g/mol. The van der Waals surface area contributed by atoms with Gasteiger partial charge in [0.15, 0.2) is 5.82 Å². The Kier molecular flexibility index (Phi) is 3.58. The zero-order valence-corrected chi connectivity index (χ0v) is 14.5. The highest BCUT2D eigenvalue weighted by molar-refractivity contribution is 6.21. The first-order valence-electron chi connectivity index (χ1n) is 8.63. The van der Waals surface area contributed by atoms with E-state index in [0.717, 1.165) is 16.5 Å². The quantitative estimate of drug-likeness (QED) is 0.539. The Morgan fingerprint density at radius 1 is 0.821 bits per heavy atom. The molecule has 1 aliphatic rings. The molecule has 0 saturated carbocycles. The van der Waals surface area contributed by atoms with Gasteiger partial charge in [0.05, 0.1) is 16.6 Å². The van der Waals surface area contributed by atoms with Crippen molar-refractivity contribution in [2.75, 3.05) is 5.32 Å². The topological polar surface area (TPSA) is 96.9 Å². The standard InChI is InChI=1S/C21H13N5O2/c27-20-14-6-5-13(11-16(14)21(28)26-20)23-19-15-3-1-2-4-17(15)24-18(25-19)12-7-9-22-10-8-12/h1-11H,(H,23,24,25)(H,26,27,28). The molecule has 7 nitrogen and oxygen atoms in total. The third-order valence-corrected chi connectivity index (χ3v) is 4.54. The Balaban J connectivity index is 1.62. The number of carbonyl (C=O) groups excluding carboxylic acids is 2. The minimum atomic E-state index is -0.395. The molecule has 28 heavy (non-hydrogen) atoms. The maximum atomic E-state index is 11.9. The van der Waals surface area contributed by atoms with Gasteiger partial charge >= 0.3 is 0 Å². The van der Waals surface area contributed by atoms with Gasteiger partial charge in [-0.25, -0.2) is 9.97 Å². The summed E-state index contributed by atoms with van der Waals surface area (Å²) in [5.41, 5.74) is 3.03. The number of para-hydroxylation sites is 1. The summed E-state index contributed by atoms with van der Waals surface area (Å²) in [4.78, 5) is 37.0. The van der Waals surface area contributed by atoms with E-state index in [1.165, 1.54) is 0 Å². The highest BCUT2D eigenvalue weighted by Gasteiger charge is 2.26. The first-order valence-corrected chi connectivity index (χ1v) is 8.63. The number of nitrogens with one attached hydrogen (secondary N) is 2. The number of anilines is 2. The minimum Gasteiger partial charge on any atom is -0.340 e. The van der Waals surface area contributed by atoms with E-state index in [1.807, 2.05) is 36.4 Å². The third kappa shape index (κ3) is 2.66. The lowest BCUT2D eigenvalue weighted by Crippen LogP contribution is -2.19. The Morgan fingerprint density at radius 3 is 2.46 bits per heavy atom. The van der Waals surface area contributed by atoms with Crippen molar-refractivity contribution in [2.24, 2.45) is 0 Å². The van der Waals surface area contributed by atoms with Crippen molar-refractivity contribution in [1.29, 1.82) is 0 Å². The number of rotatable bonds is 3. The van der Waals surface area contributed by atoms with E-state index in [4.69, 9.17) is 0 Å². The molecule has 2 aromatic carbocycles. The number of fused-ring (bicyclic) bond motifs is 2. The number of hydrogen-bond donors (Lipinski definition) is 2. The fraction of sp³-hybridized carbons (Fsp3) is 0. The summed E-state index contributed by atoms with van der Waals surface area (Å²) in [5, 5.41) is 6.41. The predicted molar refractivity (Wildman–Crippen MR) is 104 cm³/mol. The number of aromatic nitrogens is 3. The van der Waals surface area contributed by atoms with Crippen LogP contribution in [0, 0.1) is 0 Å². The van der Waals surface area contributed by atoms with Gasteiger partial charge in [0.1, 0.15) is 5.82 Å². The van der Waals surface area contributed by atoms with Crippen LogP contribution < -0.4 is 10.6 Å². The second-order valence-corrected chi connectivity index (χ2v) is 6.32. The van der Waals surface area contributed by atoms with Gasteiger partial charge in [0.25, 0.3) is 11.8 Å². The van der Waals surface area contributed by atoms with Gasteiger partial charge in [-0.15, -0.1) is 0 Å². The van der Waals surface area contributed by atoms with Gasteiger partial charge < -0.3 is 5.32 Å². The van der Waals surface area contributed by atoms with Crippen molar-refractivity contribution in [3.8, 4) is 11.4 Å². The molecule has 0 bridgehead atoms. The Bertz CT molecular complexity index is 1250. The predicted octanol–water partition coefficient (Wildman–Crippen LogP) is 3.32. The fourth-order valence-electron chi connectivity index (χ4n) is 3.18. The van der Waals surface area contributed by atoms with Crippen LogP contribution in [0.5, 0.6) is 0 Å². The second-order valence-electron chi connectivity index (χ2n) is 6.32. The number of carbonyl (C=O) groups is 2. The zero-order valence-electron chi connectivity index (χ0n) is 14.5. The molecule has 0 radical (unpaired) electrons. The fourth-order valence-corrected chi connectivity index (χ4v) is 3.18. The number of nitrogens with zero attached hydrogens (tertiary/aromatic N) is 3. The van der Waals surface area contributed by atoms with E-state index in [0.29, 0.717) is 28.5 Å². The first-order chi connectivity index (χ1) is 13.7. The molecule has 2 N–H and O–H groups in total. The lowest BCUT2D eigenvalue weighted by Gasteiger charge is -2.11. The van der Waals surface area contributed by atoms with E-state index in [2.05, 4.69) is 25.6 Å². The van der Waals surface area contributed by atoms with Crippen molar-refractivity contribution in [3.63, 3.8) is 0 Å². The van der Waals surface area contributed by atoms with E-state index < -0.39 is 5.91 Å². The van der Waals surface area contributed by atoms with Crippen LogP contribution in [-0.2, 0) is 0 Å². The lowest BCUT2D eigenvalue weighted by molar-refractivity contribution is 0.0879. The van der Waals surface area contributed by atoms with Crippen LogP contribution in [0.4, 0.5) is 11.5 Å². The maximum absolute atomic E-state index is 11.9. The summed E-state index contributed by atoms with van der Waals surface area (Å²) in [6.45, 7) is 0. The summed E-state index contributed by atoms with van der Waals surface area (Å²) in [5.74, 6) is 0.410. The molecule has 1 aliphatic heterocycles. The van der Waals surface area contributed by atoms with Crippen LogP contribution in [0.1, 0.15) is 20.7 Å². The summed E-state index contributed by atoms with van der Waals surface area (Å²) in [6.07, 6.45) is 3.38. The van der Waals surface area contributed by atoms with E-state index >= 15 is 0 Å². The van der Waals surface area contributed by atoms with Crippen molar-refractivity contribution in [3.05, 3.63) is 78.1 Å². The summed E-state index contributed by atoms with van der Waals surface area (Å²) < 4.78 is 0. The van der Waals surface area contributed by atoms with Crippen molar-refractivity contribution in [1.82, 2.24) is 20.3 Å². The smallest absolute Gasteiger partial charge is 0.259 e. The summed E-state index contributed by atoms with van der Waals surface area (Å²) in [7, 11) is 0. The van der Waals surface area contributed by atoms with Crippen molar-refractivity contribution in [2.45, 2.75) is 0 Å². The molecule has 0 spiro atoms. The number of benzene rings is 2. The number of pyridine rings is 1. The molecule has 134 valence electrons. The molecule has 2 amide bonds. The molecule has 0 saturated heterocycles. The van der Waals surface area contributed by atoms with Gasteiger partial charge in [-0.3, -0.25) is 19.9 Å². The Morgan fingerprint density at radius 2 is 1.61 bits per heavy atom. The second kappa shape index (κ2) is 6.24. The van der Waals surface area contributed by atoms with E-state index in [-0.39, 0.29) is 5.91 Å². The zero-order chi connectivity index (χ0) is 19.1. The Hall–Kier alpha value is -4.13. The highest BCUT2D eigenvalue weighted by Crippen LogP contribution is 2.28. The molecule has 7 heteroatoms. The molecule has 0 fully saturated rings. The van der Waals surface area contributed by atoms with Gasteiger partial charge in [-0.2, -0.15) is 0 Å². The molecule has 5 rings (SSSR count). The van der Waals surface area contributed by atoms with Gasteiger partial charge in [0, 0.05) is 29.0 Å². The number of hydrogen-bond acceptors (Lipinski definition) is 6. The summed E-state index contributed by atoms with van der Waals surface area (Å²) >= 11 is 0. The molecule has 4 aromatic rings.